The fraction of sp³-hybridized carbons (Fsp3) is 0. The third kappa shape index (κ3) is 4.08. The van der Waals surface area contributed by atoms with Crippen LogP contribution in [-0.4, -0.2) is 26.1 Å². The minimum Gasteiger partial charge on any atom is -0.296 e. The Balaban J connectivity index is 1.51. The van der Waals surface area contributed by atoms with Crippen LogP contribution < -0.4 is 5.32 Å². The number of hydrogen-bond donors (Lipinski definition) is 1. The molecule has 0 aliphatic rings. The molecule has 0 fully saturated rings. The van der Waals surface area contributed by atoms with Gasteiger partial charge in [-0.1, -0.05) is 63.7 Å². The number of fused-ring (bicyclic) bond motifs is 1. The summed E-state index contributed by atoms with van der Waals surface area (Å²) >= 11 is 4.73. The zero-order valence-corrected chi connectivity index (χ0v) is 18.4. The molecule has 0 atom stereocenters. The number of carbonyl (C=O) groups excluding carboxylic acids is 1. The van der Waals surface area contributed by atoms with Gasteiger partial charge in [0.15, 0.2) is 5.01 Å². The minimum absolute atomic E-state index is 0.263. The highest BCUT2D eigenvalue weighted by Crippen LogP contribution is 2.28. The summed E-state index contributed by atoms with van der Waals surface area (Å²) in [6.07, 6.45) is 1.70. The number of carbonyl (C=O) groups is 1. The van der Waals surface area contributed by atoms with E-state index in [2.05, 4.69) is 36.4 Å². The van der Waals surface area contributed by atoms with Gasteiger partial charge in [0.05, 0.1) is 16.8 Å². The molecule has 8 heteroatoms. The molecule has 3 aromatic heterocycles. The fourth-order valence-electron chi connectivity index (χ4n) is 3.16. The lowest BCUT2D eigenvalue weighted by Crippen LogP contribution is -2.13. The summed E-state index contributed by atoms with van der Waals surface area (Å²) in [6.45, 7) is 0. The van der Waals surface area contributed by atoms with Crippen molar-refractivity contribution in [1.29, 1.82) is 0 Å². The molecule has 150 valence electrons. The second-order valence-corrected chi connectivity index (χ2v) is 8.55. The second-order valence-electron chi connectivity index (χ2n) is 6.66. The number of anilines is 1. The highest BCUT2D eigenvalue weighted by molar-refractivity contribution is 9.10. The number of rotatable bonds is 4. The van der Waals surface area contributed by atoms with E-state index >= 15 is 0 Å². The van der Waals surface area contributed by atoms with E-state index in [4.69, 9.17) is 4.98 Å². The van der Waals surface area contributed by atoms with Gasteiger partial charge in [0.1, 0.15) is 5.69 Å². The third-order valence-electron chi connectivity index (χ3n) is 4.63. The first-order chi connectivity index (χ1) is 15.2. The zero-order valence-electron chi connectivity index (χ0n) is 16.0. The topological polar surface area (TPSA) is 80.7 Å². The third-order valence-corrected chi connectivity index (χ3v) is 6.02. The summed E-state index contributed by atoms with van der Waals surface area (Å²) in [6, 6.07) is 22.8. The lowest BCUT2D eigenvalue weighted by atomic mass is 10.0. The number of hydrogen-bond acceptors (Lipinski definition) is 6. The van der Waals surface area contributed by atoms with Crippen molar-refractivity contribution in [3.63, 3.8) is 0 Å². The highest BCUT2D eigenvalue weighted by Gasteiger charge is 2.16. The number of amides is 1. The summed E-state index contributed by atoms with van der Waals surface area (Å²) in [5, 5.41) is 13.0. The largest absolute Gasteiger partial charge is 0.296 e. The molecular formula is C23H14BrN5OS. The van der Waals surface area contributed by atoms with Crippen LogP contribution in [0.1, 0.15) is 10.4 Å². The van der Waals surface area contributed by atoms with Gasteiger partial charge in [-0.3, -0.25) is 15.1 Å². The molecule has 0 unspecified atom stereocenters. The molecule has 0 aliphatic carbocycles. The summed E-state index contributed by atoms with van der Waals surface area (Å²) in [5.41, 5.74) is 3.64. The van der Waals surface area contributed by atoms with Gasteiger partial charge >= 0.3 is 0 Å². The van der Waals surface area contributed by atoms with Gasteiger partial charge in [0, 0.05) is 21.6 Å². The lowest BCUT2D eigenvalue weighted by Gasteiger charge is -2.09. The first-order valence-electron chi connectivity index (χ1n) is 9.39. The molecule has 6 nitrogen and oxygen atoms in total. The smallest absolute Gasteiger partial charge is 0.258 e. The molecule has 3 heterocycles. The molecule has 0 radical (unpaired) electrons. The van der Waals surface area contributed by atoms with Crippen LogP contribution in [0.25, 0.3) is 32.9 Å². The Kier molecular flexibility index (Phi) is 5.23. The molecule has 0 saturated carbocycles. The molecule has 5 rings (SSSR count). The number of para-hydroxylation sites is 1. The standard InChI is InChI=1S/C23H14BrN5OS/c24-15-10-8-14(9-11-15)20-13-17(16-5-1-2-6-18(16)26-20)21(30)27-23-29-28-22(31-23)19-7-3-4-12-25-19/h1-13H,(H,27,29,30). The lowest BCUT2D eigenvalue weighted by molar-refractivity contribution is 0.102. The van der Waals surface area contributed by atoms with Gasteiger partial charge in [-0.25, -0.2) is 4.98 Å². The highest BCUT2D eigenvalue weighted by atomic mass is 79.9. The molecule has 2 aromatic carbocycles. The van der Waals surface area contributed by atoms with E-state index in [1.165, 1.54) is 11.3 Å². The van der Waals surface area contributed by atoms with E-state index in [9.17, 15) is 4.79 Å². The van der Waals surface area contributed by atoms with Crippen LogP contribution in [-0.2, 0) is 0 Å². The van der Waals surface area contributed by atoms with Gasteiger partial charge in [-0.2, -0.15) is 0 Å². The van der Waals surface area contributed by atoms with Crippen LogP contribution in [0, 0.1) is 0 Å². The first kappa shape index (κ1) is 19.5. The minimum atomic E-state index is -0.263. The maximum Gasteiger partial charge on any atom is 0.258 e. The van der Waals surface area contributed by atoms with Crippen LogP contribution >= 0.6 is 27.3 Å². The molecule has 0 spiro atoms. The number of nitrogens with one attached hydrogen (secondary N) is 1. The van der Waals surface area contributed by atoms with Crippen LogP contribution in [0.15, 0.2) is 83.5 Å². The van der Waals surface area contributed by atoms with Crippen molar-refractivity contribution < 1.29 is 4.79 Å². The number of halogens is 1. The van der Waals surface area contributed by atoms with Crippen molar-refractivity contribution >= 4 is 49.2 Å². The predicted molar refractivity (Wildman–Crippen MR) is 126 cm³/mol. The number of nitrogens with zero attached hydrogens (tertiary/aromatic N) is 4. The molecule has 31 heavy (non-hydrogen) atoms. The maximum absolute atomic E-state index is 13.2. The number of benzene rings is 2. The zero-order chi connectivity index (χ0) is 21.2. The monoisotopic (exact) mass is 487 g/mol. The Hall–Kier alpha value is -3.49. The molecular weight excluding hydrogens is 474 g/mol. The van der Waals surface area contributed by atoms with E-state index in [-0.39, 0.29) is 5.91 Å². The Morgan fingerprint density at radius 1 is 0.903 bits per heavy atom. The Bertz CT molecular complexity index is 1390. The maximum atomic E-state index is 13.2. The Morgan fingerprint density at radius 3 is 2.52 bits per heavy atom. The Labute approximate surface area is 190 Å². The summed E-state index contributed by atoms with van der Waals surface area (Å²) in [4.78, 5) is 22.2. The molecule has 0 bridgehead atoms. The number of pyridine rings is 2. The van der Waals surface area contributed by atoms with E-state index in [0.29, 0.717) is 21.4 Å². The van der Waals surface area contributed by atoms with Crippen molar-refractivity contribution in [3.8, 4) is 22.0 Å². The average Bonchev–Trinajstić information content (AvgIpc) is 3.28. The van der Waals surface area contributed by atoms with Gasteiger partial charge in [0.2, 0.25) is 5.13 Å². The first-order valence-corrected chi connectivity index (χ1v) is 11.0. The van der Waals surface area contributed by atoms with Gasteiger partial charge in [-0.05, 0) is 36.4 Å². The summed E-state index contributed by atoms with van der Waals surface area (Å²) < 4.78 is 0.981. The fourth-order valence-corrected chi connectivity index (χ4v) is 4.14. The molecule has 0 aliphatic heterocycles. The van der Waals surface area contributed by atoms with E-state index < -0.39 is 0 Å². The van der Waals surface area contributed by atoms with E-state index in [1.54, 1.807) is 6.20 Å². The van der Waals surface area contributed by atoms with E-state index in [1.807, 2.05) is 72.8 Å². The second kappa shape index (κ2) is 8.33. The van der Waals surface area contributed by atoms with Crippen LogP contribution in [0.2, 0.25) is 0 Å². The summed E-state index contributed by atoms with van der Waals surface area (Å²) in [5.74, 6) is -0.263. The normalized spacial score (nSPS) is 10.9. The average molecular weight is 488 g/mol. The van der Waals surface area contributed by atoms with Crippen LogP contribution in [0.3, 0.4) is 0 Å². The van der Waals surface area contributed by atoms with Gasteiger partial charge in [-0.15, -0.1) is 10.2 Å². The Morgan fingerprint density at radius 2 is 1.71 bits per heavy atom. The van der Waals surface area contributed by atoms with Crippen molar-refractivity contribution in [2.75, 3.05) is 5.32 Å². The number of aromatic nitrogens is 4. The molecule has 1 amide bonds. The van der Waals surface area contributed by atoms with Crippen LogP contribution in [0.5, 0.6) is 0 Å². The molecule has 5 aromatic rings. The van der Waals surface area contributed by atoms with Gasteiger partial charge < -0.3 is 0 Å². The quantitative estimate of drug-likeness (QED) is 0.344. The van der Waals surface area contributed by atoms with Crippen molar-refractivity contribution in [2.24, 2.45) is 0 Å². The van der Waals surface area contributed by atoms with Crippen molar-refractivity contribution in [3.05, 3.63) is 89.0 Å². The molecule has 0 saturated heterocycles. The SMILES string of the molecule is O=C(Nc1nnc(-c2ccccn2)s1)c1cc(-c2ccc(Br)cc2)nc2ccccc12. The van der Waals surface area contributed by atoms with Gasteiger partial charge in [0.25, 0.3) is 5.91 Å². The van der Waals surface area contributed by atoms with Crippen LogP contribution in [0.4, 0.5) is 5.13 Å². The van der Waals surface area contributed by atoms with Crippen molar-refractivity contribution in [1.82, 2.24) is 20.2 Å². The summed E-state index contributed by atoms with van der Waals surface area (Å²) in [7, 11) is 0. The predicted octanol–water partition coefficient (Wildman–Crippen LogP) is 5.83. The van der Waals surface area contributed by atoms with E-state index in [0.717, 1.165) is 26.6 Å². The van der Waals surface area contributed by atoms with Crippen molar-refractivity contribution in [2.45, 2.75) is 0 Å². The molecule has 1 N–H and O–H groups in total.